The van der Waals surface area contributed by atoms with E-state index in [9.17, 15) is 5.11 Å². The van der Waals surface area contributed by atoms with Gasteiger partial charge in [-0.05, 0) is 30.2 Å². The molecule has 1 N–H and O–H groups in total. The van der Waals surface area contributed by atoms with Gasteiger partial charge in [-0.2, -0.15) is 0 Å². The number of fused-ring (bicyclic) bond motifs is 1. The van der Waals surface area contributed by atoms with Crippen LogP contribution >= 0.6 is 0 Å². The predicted molar refractivity (Wildman–Crippen MR) is 80.5 cm³/mol. The van der Waals surface area contributed by atoms with E-state index in [1.807, 2.05) is 43.6 Å². The molecule has 3 heteroatoms. The first-order valence-corrected chi connectivity index (χ1v) is 6.94. The number of aliphatic hydroxyl groups is 1. The van der Waals surface area contributed by atoms with Crippen molar-refractivity contribution in [2.45, 2.75) is 26.0 Å². The zero-order chi connectivity index (χ0) is 13.9. The largest absolute Gasteiger partial charge is 0.388 e. The van der Waals surface area contributed by atoms with Crippen LogP contribution < -0.4 is 0 Å². The quantitative estimate of drug-likeness (QED) is 0.784. The SMILES string of the molecule is CCC(O)c1ccn(Cc2ccc3ccccc3n2)c1. The highest BCUT2D eigenvalue weighted by Gasteiger charge is 2.07. The van der Waals surface area contributed by atoms with E-state index < -0.39 is 0 Å². The van der Waals surface area contributed by atoms with Crippen LogP contribution in [-0.2, 0) is 6.54 Å². The molecule has 102 valence electrons. The lowest BCUT2D eigenvalue weighted by Crippen LogP contribution is -2.00. The molecule has 2 heterocycles. The standard InChI is InChI=1S/C17H18N2O/c1-2-17(20)14-9-10-19(11-14)12-15-8-7-13-5-3-4-6-16(13)18-15/h3-11,17,20H,2,12H2,1H3. The number of nitrogens with zero attached hydrogens (tertiary/aromatic N) is 2. The van der Waals surface area contributed by atoms with E-state index in [-0.39, 0.29) is 6.10 Å². The molecule has 20 heavy (non-hydrogen) atoms. The van der Waals surface area contributed by atoms with Crippen LogP contribution in [0.1, 0.15) is 30.7 Å². The van der Waals surface area contributed by atoms with Crippen LogP contribution in [0, 0.1) is 0 Å². The third kappa shape index (κ3) is 2.58. The molecule has 0 fully saturated rings. The molecule has 0 aliphatic heterocycles. The Hall–Kier alpha value is -2.13. The molecule has 0 saturated carbocycles. The normalized spacial score (nSPS) is 12.7. The fourth-order valence-electron chi connectivity index (χ4n) is 2.37. The molecule has 0 aliphatic rings. The van der Waals surface area contributed by atoms with Crippen molar-refractivity contribution in [3.05, 3.63) is 66.1 Å². The lowest BCUT2D eigenvalue weighted by atomic mass is 10.1. The molecule has 3 rings (SSSR count). The Morgan fingerprint density at radius 2 is 2.00 bits per heavy atom. The van der Waals surface area contributed by atoms with Crippen molar-refractivity contribution in [1.29, 1.82) is 0 Å². The van der Waals surface area contributed by atoms with Gasteiger partial charge in [0.15, 0.2) is 0 Å². The molecule has 0 radical (unpaired) electrons. The zero-order valence-corrected chi connectivity index (χ0v) is 11.5. The lowest BCUT2D eigenvalue weighted by Gasteiger charge is -2.06. The van der Waals surface area contributed by atoms with Gasteiger partial charge in [-0.25, -0.2) is 0 Å². The molecule has 1 unspecified atom stereocenters. The summed E-state index contributed by atoms with van der Waals surface area (Å²) in [7, 11) is 0. The second-order valence-electron chi connectivity index (χ2n) is 5.04. The summed E-state index contributed by atoms with van der Waals surface area (Å²) in [5, 5.41) is 11.0. The Morgan fingerprint density at radius 3 is 2.85 bits per heavy atom. The first kappa shape index (κ1) is 12.9. The number of pyridine rings is 1. The number of aliphatic hydroxyl groups excluding tert-OH is 1. The van der Waals surface area contributed by atoms with Gasteiger partial charge >= 0.3 is 0 Å². The zero-order valence-electron chi connectivity index (χ0n) is 11.5. The highest BCUT2D eigenvalue weighted by Crippen LogP contribution is 2.17. The molecule has 0 aliphatic carbocycles. The Morgan fingerprint density at radius 1 is 1.15 bits per heavy atom. The summed E-state index contributed by atoms with van der Waals surface area (Å²) >= 11 is 0. The van der Waals surface area contributed by atoms with Gasteiger partial charge < -0.3 is 9.67 Å². The first-order chi connectivity index (χ1) is 9.76. The van der Waals surface area contributed by atoms with Gasteiger partial charge in [0.1, 0.15) is 0 Å². The van der Waals surface area contributed by atoms with Gasteiger partial charge in [-0.15, -0.1) is 0 Å². The molecule has 0 saturated heterocycles. The topological polar surface area (TPSA) is 38.0 Å². The number of benzene rings is 1. The molecule has 2 aromatic heterocycles. The average Bonchev–Trinajstić information content (AvgIpc) is 2.95. The summed E-state index contributed by atoms with van der Waals surface area (Å²) in [6.07, 6.45) is 4.34. The van der Waals surface area contributed by atoms with Crippen LogP contribution in [-0.4, -0.2) is 14.7 Å². The Balaban J connectivity index is 1.83. The second kappa shape index (κ2) is 5.47. The third-order valence-electron chi connectivity index (χ3n) is 3.55. The fraction of sp³-hybridized carbons (Fsp3) is 0.235. The van der Waals surface area contributed by atoms with Crippen molar-refractivity contribution in [1.82, 2.24) is 9.55 Å². The monoisotopic (exact) mass is 266 g/mol. The Labute approximate surface area is 118 Å². The number of aromatic nitrogens is 2. The Kier molecular flexibility index (Phi) is 3.52. The average molecular weight is 266 g/mol. The van der Waals surface area contributed by atoms with Gasteiger partial charge in [0.05, 0.1) is 23.9 Å². The van der Waals surface area contributed by atoms with E-state index in [0.717, 1.165) is 35.1 Å². The van der Waals surface area contributed by atoms with E-state index in [1.54, 1.807) is 0 Å². The first-order valence-electron chi connectivity index (χ1n) is 6.94. The van der Waals surface area contributed by atoms with Crippen molar-refractivity contribution in [3.63, 3.8) is 0 Å². The van der Waals surface area contributed by atoms with E-state index in [1.165, 1.54) is 0 Å². The van der Waals surface area contributed by atoms with Gasteiger partial charge in [-0.3, -0.25) is 4.98 Å². The fourth-order valence-corrected chi connectivity index (χ4v) is 2.37. The Bertz CT molecular complexity index is 718. The van der Waals surface area contributed by atoms with Crippen molar-refractivity contribution in [2.24, 2.45) is 0 Å². The maximum Gasteiger partial charge on any atom is 0.0802 e. The van der Waals surface area contributed by atoms with Crippen LogP contribution in [0.25, 0.3) is 10.9 Å². The molecule has 1 atom stereocenters. The van der Waals surface area contributed by atoms with Crippen molar-refractivity contribution < 1.29 is 5.11 Å². The third-order valence-corrected chi connectivity index (χ3v) is 3.55. The van der Waals surface area contributed by atoms with Crippen LogP contribution in [0.4, 0.5) is 0 Å². The summed E-state index contributed by atoms with van der Waals surface area (Å²) < 4.78 is 2.06. The van der Waals surface area contributed by atoms with Gasteiger partial charge in [0.2, 0.25) is 0 Å². The van der Waals surface area contributed by atoms with Gasteiger partial charge in [-0.1, -0.05) is 31.2 Å². The predicted octanol–water partition coefficient (Wildman–Crippen LogP) is 3.53. The lowest BCUT2D eigenvalue weighted by molar-refractivity contribution is 0.173. The molecule has 3 aromatic rings. The summed E-state index contributed by atoms with van der Waals surface area (Å²) in [6, 6.07) is 14.2. The highest BCUT2D eigenvalue weighted by atomic mass is 16.3. The van der Waals surface area contributed by atoms with E-state index in [0.29, 0.717) is 0 Å². The highest BCUT2D eigenvalue weighted by molar-refractivity contribution is 5.78. The molecule has 1 aromatic carbocycles. The maximum atomic E-state index is 9.82. The summed E-state index contributed by atoms with van der Waals surface area (Å²) in [4.78, 5) is 4.66. The van der Waals surface area contributed by atoms with E-state index >= 15 is 0 Å². The number of hydrogen-bond donors (Lipinski definition) is 1. The minimum absolute atomic E-state index is 0.374. The smallest absolute Gasteiger partial charge is 0.0802 e. The maximum absolute atomic E-state index is 9.82. The van der Waals surface area contributed by atoms with Crippen molar-refractivity contribution in [2.75, 3.05) is 0 Å². The number of hydrogen-bond acceptors (Lipinski definition) is 2. The molecule has 3 nitrogen and oxygen atoms in total. The van der Waals surface area contributed by atoms with E-state index in [4.69, 9.17) is 0 Å². The van der Waals surface area contributed by atoms with Crippen LogP contribution in [0.3, 0.4) is 0 Å². The van der Waals surface area contributed by atoms with E-state index in [2.05, 4.69) is 27.8 Å². The second-order valence-corrected chi connectivity index (χ2v) is 5.04. The van der Waals surface area contributed by atoms with Crippen molar-refractivity contribution >= 4 is 10.9 Å². The molecule has 0 spiro atoms. The summed E-state index contributed by atoms with van der Waals surface area (Å²) in [6.45, 7) is 2.70. The molecule has 0 bridgehead atoms. The summed E-state index contributed by atoms with van der Waals surface area (Å²) in [5.74, 6) is 0. The van der Waals surface area contributed by atoms with Gasteiger partial charge in [0, 0.05) is 17.8 Å². The van der Waals surface area contributed by atoms with Gasteiger partial charge in [0.25, 0.3) is 0 Å². The minimum Gasteiger partial charge on any atom is -0.388 e. The molecule has 0 amide bonds. The van der Waals surface area contributed by atoms with Crippen LogP contribution in [0.15, 0.2) is 54.9 Å². The molecular weight excluding hydrogens is 248 g/mol. The minimum atomic E-state index is -0.374. The summed E-state index contributed by atoms with van der Waals surface area (Å²) in [5.41, 5.74) is 3.01. The van der Waals surface area contributed by atoms with Crippen LogP contribution in [0.5, 0.6) is 0 Å². The van der Waals surface area contributed by atoms with Crippen molar-refractivity contribution in [3.8, 4) is 0 Å². The molecular formula is C17H18N2O. The van der Waals surface area contributed by atoms with Crippen LogP contribution in [0.2, 0.25) is 0 Å². The number of rotatable bonds is 4. The number of para-hydroxylation sites is 1.